The van der Waals surface area contributed by atoms with E-state index in [1.165, 1.54) is 11.3 Å². The lowest BCUT2D eigenvalue weighted by atomic mass is 9.90. The molecule has 1 aliphatic rings. The summed E-state index contributed by atoms with van der Waals surface area (Å²) in [6, 6.07) is 8.54. The average Bonchev–Trinajstić information content (AvgIpc) is 2.60. The number of hydrogen-bond acceptors (Lipinski definition) is 6. The molecular weight excluding hydrogens is 292 g/mol. The van der Waals surface area contributed by atoms with Crippen molar-refractivity contribution in [3.05, 3.63) is 42.2 Å². The average molecular weight is 314 g/mol. The number of fused-ring (bicyclic) bond motifs is 1. The summed E-state index contributed by atoms with van der Waals surface area (Å²) < 4.78 is 5.29. The number of anilines is 2. The van der Waals surface area contributed by atoms with E-state index in [0.717, 1.165) is 19.5 Å². The molecule has 3 rings (SSSR count). The van der Waals surface area contributed by atoms with Gasteiger partial charge in [0.25, 0.3) is 0 Å². The first kappa shape index (κ1) is 15.6. The number of hydrogen-bond donors (Lipinski definition) is 2. The smallest absolute Gasteiger partial charge is 0.234 e. The second-order valence-corrected chi connectivity index (χ2v) is 5.66. The van der Waals surface area contributed by atoms with Gasteiger partial charge in [-0.05, 0) is 18.1 Å². The Morgan fingerprint density at radius 3 is 3.09 bits per heavy atom. The van der Waals surface area contributed by atoms with Crippen molar-refractivity contribution in [3.63, 3.8) is 0 Å². The number of benzene rings is 1. The van der Waals surface area contributed by atoms with E-state index >= 15 is 0 Å². The molecule has 0 saturated carbocycles. The number of aromatic nitrogens is 2. The molecule has 1 aliphatic heterocycles. The zero-order valence-corrected chi connectivity index (χ0v) is 13.3. The van der Waals surface area contributed by atoms with Gasteiger partial charge in [-0.2, -0.15) is 4.98 Å². The van der Waals surface area contributed by atoms with E-state index in [1.54, 1.807) is 12.4 Å². The number of aliphatic hydroxyl groups excluding tert-OH is 1. The normalized spacial score (nSPS) is 16.8. The zero-order valence-electron chi connectivity index (χ0n) is 13.3. The lowest BCUT2D eigenvalue weighted by Gasteiger charge is -2.33. The highest BCUT2D eigenvalue weighted by atomic mass is 16.5. The van der Waals surface area contributed by atoms with Crippen LogP contribution in [0.4, 0.5) is 11.5 Å². The fraction of sp³-hybridized carbons (Fsp3) is 0.412. The van der Waals surface area contributed by atoms with Crippen LogP contribution in [-0.4, -0.2) is 48.4 Å². The van der Waals surface area contributed by atoms with E-state index < -0.39 is 0 Å². The highest BCUT2D eigenvalue weighted by Crippen LogP contribution is 2.34. The number of ether oxygens (including phenoxy) is 1. The monoisotopic (exact) mass is 314 g/mol. The summed E-state index contributed by atoms with van der Waals surface area (Å²) in [6.07, 6.45) is 4.34. The number of aliphatic hydroxyl groups is 1. The van der Waals surface area contributed by atoms with Crippen molar-refractivity contribution in [2.45, 2.75) is 12.3 Å². The zero-order chi connectivity index (χ0) is 16.1. The second-order valence-electron chi connectivity index (χ2n) is 5.66. The van der Waals surface area contributed by atoms with Gasteiger partial charge in [0.15, 0.2) is 0 Å². The molecule has 0 radical (unpaired) electrons. The fourth-order valence-corrected chi connectivity index (χ4v) is 2.90. The quantitative estimate of drug-likeness (QED) is 0.848. The highest BCUT2D eigenvalue weighted by molar-refractivity contribution is 5.57. The molecule has 0 bridgehead atoms. The van der Waals surface area contributed by atoms with Crippen LogP contribution in [0.1, 0.15) is 17.9 Å². The van der Waals surface area contributed by atoms with E-state index in [9.17, 15) is 0 Å². The first-order chi connectivity index (χ1) is 11.3. The van der Waals surface area contributed by atoms with Crippen LogP contribution in [0.3, 0.4) is 0 Å². The molecule has 2 aromatic rings. The standard InChI is InChI=1S/C17H22N4O2/c1-21-7-6-13(14-4-2-3-5-15(14)21)10-19-16-11-18-12-17(20-16)23-9-8-22/h2-5,11-13,22H,6-10H2,1H3,(H,19,20). The Hall–Kier alpha value is -2.34. The summed E-state index contributed by atoms with van der Waals surface area (Å²) in [4.78, 5) is 10.8. The Labute approximate surface area is 136 Å². The molecule has 0 saturated heterocycles. The van der Waals surface area contributed by atoms with Crippen molar-refractivity contribution in [1.82, 2.24) is 9.97 Å². The van der Waals surface area contributed by atoms with Gasteiger partial charge in [0, 0.05) is 31.7 Å². The molecule has 6 nitrogen and oxygen atoms in total. The van der Waals surface area contributed by atoms with Gasteiger partial charge in [-0.3, -0.25) is 4.98 Å². The maximum absolute atomic E-state index is 8.79. The summed E-state index contributed by atoms with van der Waals surface area (Å²) in [5.74, 6) is 1.57. The molecule has 0 aliphatic carbocycles. The number of nitrogens with one attached hydrogen (secondary N) is 1. The lowest BCUT2D eigenvalue weighted by molar-refractivity contribution is 0.196. The van der Waals surface area contributed by atoms with Crippen LogP contribution >= 0.6 is 0 Å². The third kappa shape index (κ3) is 3.71. The molecule has 1 unspecified atom stereocenters. The van der Waals surface area contributed by atoms with Gasteiger partial charge in [0.2, 0.25) is 5.88 Å². The van der Waals surface area contributed by atoms with Crippen LogP contribution in [0, 0.1) is 0 Å². The number of para-hydroxylation sites is 1. The van der Waals surface area contributed by atoms with E-state index in [0.29, 0.717) is 17.6 Å². The van der Waals surface area contributed by atoms with Crippen LogP contribution in [0.15, 0.2) is 36.7 Å². The minimum absolute atomic E-state index is 0.0360. The third-order valence-corrected chi connectivity index (χ3v) is 4.08. The van der Waals surface area contributed by atoms with Crippen molar-refractivity contribution >= 4 is 11.5 Å². The van der Waals surface area contributed by atoms with Gasteiger partial charge >= 0.3 is 0 Å². The molecule has 122 valence electrons. The molecule has 23 heavy (non-hydrogen) atoms. The minimum Gasteiger partial charge on any atom is -0.474 e. The molecule has 2 heterocycles. The molecule has 1 aromatic carbocycles. The molecule has 6 heteroatoms. The Kier molecular flexibility index (Phi) is 4.92. The predicted molar refractivity (Wildman–Crippen MR) is 90.2 cm³/mol. The summed E-state index contributed by atoms with van der Waals surface area (Å²) in [5, 5.41) is 12.1. The van der Waals surface area contributed by atoms with Gasteiger partial charge in [0.1, 0.15) is 12.4 Å². The summed E-state index contributed by atoms with van der Waals surface area (Å²) in [6.45, 7) is 2.05. The maximum Gasteiger partial charge on any atom is 0.234 e. The van der Waals surface area contributed by atoms with Crippen LogP contribution in [0.25, 0.3) is 0 Å². The van der Waals surface area contributed by atoms with Crippen LogP contribution in [-0.2, 0) is 0 Å². The van der Waals surface area contributed by atoms with E-state index in [-0.39, 0.29) is 13.2 Å². The molecular formula is C17H22N4O2. The summed E-state index contributed by atoms with van der Waals surface area (Å²) in [7, 11) is 2.13. The van der Waals surface area contributed by atoms with Gasteiger partial charge in [-0.15, -0.1) is 0 Å². The Balaban J connectivity index is 1.66. The van der Waals surface area contributed by atoms with Crippen LogP contribution in [0.2, 0.25) is 0 Å². The van der Waals surface area contributed by atoms with Crippen molar-refractivity contribution in [2.24, 2.45) is 0 Å². The SMILES string of the molecule is CN1CCC(CNc2cncc(OCCO)n2)c2ccccc21. The predicted octanol–water partition coefficient (Wildman–Crippen LogP) is 1.88. The molecule has 1 atom stereocenters. The Bertz CT molecular complexity index is 650. The van der Waals surface area contributed by atoms with Crippen LogP contribution < -0.4 is 15.0 Å². The molecule has 1 aromatic heterocycles. The van der Waals surface area contributed by atoms with E-state index in [4.69, 9.17) is 9.84 Å². The van der Waals surface area contributed by atoms with Crippen molar-refractivity contribution in [1.29, 1.82) is 0 Å². The number of nitrogens with zero attached hydrogens (tertiary/aromatic N) is 3. The largest absolute Gasteiger partial charge is 0.474 e. The maximum atomic E-state index is 8.79. The topological polar surface area (TPSA) is 70.5 Å². The molecule has 2 N–H and O–H groups in total. The fourth-order valence-electron chi connectivity index (χ4n) is 2.90. The number of rotatable bonds is 6. The van der Waals surface area contributed by atoms with Gasteiger partial charge in [0.05, 0.1) is 19.0 Å². The Morgan fingerprint density at radius 2 is 2.22 bits per heavy atom. The van der Waals surface area contributed by atoms with Crippen molar-refractivity contribution in [2.75, 3.05) is 43.6 Å². The van der Waals surface area contributed by atoms with E-state index in [2.05, 4.69) is 51.5 Å². The molecule has 0 amide bonds. The van der Waals surface area contributed by atoms with Crippen molar-refractivity contribution < 1.29 is 9.84 Å². The summed E-state index contributed by atoms with van der Waals surface area (Å²) >= 11 is 0. The first-order valence-electron chi connectivity index (χ1n) is 7.87. The Morgan fingerprint density at radius 1 is 1.35 bits per heavy atom. The molecule has 0 spiro atoms. The van der Waals surface area contributed by atoms with Gasteiger partial charge in [-0.1, -0.05) is 18.2 Å². The first-order valence-corrected chi connectivity index (χ1v) is 7.87. The minimum atomic E-state index is -0.0360. The van der Waals surface area contributed by atoms with Gasteiger partial charge < -0.3 is 20.1 Å². The summed E-state index contributed by atoms with van der Waals surface area (Å²) in [5.41, 5.74) is 2.67. The lowest BCUT2D eigenvalue weighted by Crippen LogP contribution is -2.29. The third-order valence-electron chi connectivity index (χ3n) is 4.08. The van der Waals surface area contributed by atoms with E-state index in [1.807, 2.05) is 0 Å². The highest BCUT2D eigenvalue weighted by Gasteiger charge is 2.22. The second kappa shape index (κ2) is 7.28. The molecule has 0 fully saturated rings. The van der Waals surface area contributed by atoms with Crippen LogP contribution in [0.5, 0.6) is 5.88 Å². The van der Waals surface area contributed by atoms with Crippen molar-refractivity contribution in [3.8, 4) is 5.88 Å². The van der Waals surface area contributed by atoms with Gasteiger partial charge in [-0.25, -0.2) is 0 Å².